The van der Waals surface area contributed by atoms with E-state index in [1.54, 1.807) is 6.07 Å². The molecule has 0 saturated carbocycles. The van der Waals surface area contributed by atoms with Gasteiger partial charge in [-0.1, -0.05) is 0 Å². The predicted octanol–water partition coefficient (Wildman–Crippen LogP) is 1.38. The summed E-state index contributed by atoms with van der Waals surface area (Å²) in [6.45, 7) is 1.14. The average molecular weight is 213 g/mol. The Morgan fingerprint density at radius 2 is 2.13 bits per heavy atom. The van der Waals surface area contributed by atoms with Crippen molar-refractivity contribution in [2.24, 2.45) is 5.90 Å². The van der Waals surface area contributed by atoms with Crippen molar-refractivity contribution in [2.75, 3.05) is 13.2 Å². The first kappa shape index (κ1) is 10.2. The number of benzene rings is 1. The highest BCUT2D eigenvalue weighted by Gasteiger charge is 2.16. The van der Waals surface area contributed by atoms with Crippen LogP contribution in [0, 0.1) is 5.82 Å². The number of rotatable bonds is 2. The molecule has 0 unspecified atom stereocenters. The third-order valence-corrected chi connectivity index (χ3v) is 2.11. The molecule has 0 saturated heterocycles. The zero-order valence-corrected chi connectivity index (χ0v) is 8.16. The SMILES string of the molecule is NOCc1cc(F)c2c(c1)OCCCO2. The molecule has 1 aromatic rings. The molecule has 15 heavy (non-hydrogen) atoms. The molecule has 1 aliphatic heterocycles. The van der Waals surface area contributed by atoms with Gasteiger partial charge in [0.05, 0.1) is 19.8 Å². The first-order chi connectivity index (χ1) is 7.31. The van der Waals surface area contributed by atoms with E-state index in [-0.39, 0.29) is 12.4 Å². The van der Waals surface area contributed by atoms with Gasteiger partial charge in [0.25, 0.3) is 0 Å². The van der Waals surface area contributed by atoms with Crippen LogP contribution >= 0.6 is 0 Å². The molecule has 1 aliphatic rings. The first-order valence-electron chi connectivity index (χ1n) is 4.71. The summed E-state index contributed by atoms with van der Waals surface area (Å²) < 4.78 is 24.1. The van der Waals surface area contributed by atoms with E-state index < -0.39 is 5.82 Å². The lowest BCUT2D eigenvalue weighted by atomic mass is 10.2. The normalized spacial score (nSPS) is 14.8. The fourth-order valence-corrected chi connectivity index (χ4v) is 1.46. The van der Waals surface area contributed by atoms with Crippen LogP contribution in [-0.2, 0) is 11.4 Å². The molecular weight excluding hydrogens is 201 g/mol. The summed E-state index contributed by atoms with van der Waals surface area (Å²) in [7, 11) is 0. The minimum atomic E-state index is -0.443. The van der Waals surface area contributed by atoms with Gasteiger partial charge in [0.15, 0.2) is 17.3 Å². The maximum absolute atomic E-state index is 13.5. The van der Waals surface area contributed by atoms with E-state index in [0.29, 0.717) is 24.5 Å². The van der Waals surface area contributed by atoms with Crippen LogP contribution in [0.15, 0.2) is 12.1 Å². The fourth-order valence-electron chi connectivity index (χ4n) is 1.46. The number of nitrogens with two attached hydrogens (primary N) is 1. The summed E-state index contributed by atoms with van der Waals surface area (Å²) in [4.78, 5) is 4.44. The van der Waals surface area contributed by atoms with Crippen molar-refractivity contribution < 1.29 is 18.7 Å². The summed E-state index contributed by atoms with van der Waals surface area (Å²) in [5.74, 6) is 5.07. The molecule has 0 aliphatic carbocycles. The lowest BCUT2D eigenvalue weighted by molar-refractivity contribution is 0.123. The third kappa shape index (κ3) is 2.19. The smallest absolute Gasteiger partial charge is 0.197 e. The molecule has 1 aromatic carbocycles. The zero-order valence-electron chi connectivity index (χ0n) is 8.16. The van der Waals surface area contributed by atoms with Crippen molar-refractivity contribution in [3.8, 4) is 11.5 Å². The summed E-state index contributed by atoms with van der Waals surface area (Å²) in [6.07, 6.45) is 0.747. The number of ether oxygens (including phenoxy) is 2. The lowest BCUT2D eigenvalue weighted by Crippen LogP contribution is -2.01. The second kappa shape index (κ2) is 4.46. The molecule has 0 radical (unpaired) electrons. The van der Waals surface area contributed by atoms with Gasteiger partial charge >= 0.3 is 0 Å². The van der Waals surface area contributed by atoms with Gasteiger partial charge in [0, 0.05) is 6.42 Å². The Balaban J connectivity index is 2.35. The minimum absolute atomic E-state index is 0.146. The van der Waals surface area contributed by atoms with Gasteiger partial charge in [-0.2, -0.15) is 0 Å². The van der Waals surface area contributed by atoms with Gasteiger partial charge in [0.1, 0.15) is 0 Å². The van der Waals surface area contributed by atoms with Crippen LogP contribution < -0.4 is 15.4 Å². The highest BCUT2D eigenvalue weighted by atomic mass is 19.1. The molecule has 2 N–H and O–H groups in total. The predicted molar refractivity (Wildman–Crippen MR) is 51.0 cm³/mol. The Kier molecular flexibility index (Phi) is 3.03. The molecule has 4 nitrogen and oxygen atoms in total. The molecular formula is C10H12FNO3. The highest BCUT2D eigenvalue weighted by Crippen LogP contribution is 2.33. The van der Waals surface area contributed by atoms with Crippen LogP contribution in [0.1, 0.15) is 12.0 Å². The van der Waals surface area contributed by atoms with E-state index in [0.717, 1.165) is 6.42 Å². The van der Waals surface area contributed by atoms with Crippen LogP contribution in [0.25, 0.3) is 0 Å². The largest absolute Gasteiger partial charge is 0.489 e. The lowest BCUT2D eigenvalue weighted by Gasteiger charge is -2.09. The summed E-state index contributed by atoms with van der Waals surface area (Å²) in [5, 5.41) is 0. The van der Waals surface area contributed by atoms with E-state index in [2.05, 4.69) is 4.84 Å². The van der Waals surface area contributed by atoms with E-state index in [4.69, 9.17) is 15.4 Å². The van der Waals surface area contributed by atoms with E-state index in [9.17, 15) is 4.39 Å². The van der Waals surface area contributed by atoms with E-state index >= 15 is 0 Å². The topological polar surface area (TPSA) is 53.7 Å². The Labute approximate surface area is 86.7 Å². The molecule has 0 spiro atoms. The van der Waals surface area contributed by atoms with Gasteiger partial charge in [0.2, 0.25) is 0 Å². The Morgan fingerprint density at radius 1 is 1.33 bits per heavy atom. The van der Waals surface area contributed by atoms with E-state index in [1.807, 2.05) is 0 Å². The number of hydrogen-bond donors (Lipinski definition) is 1. The van der Waals surface area contributed by atoms with Gasteiger partial charge in [-0.05, 0) is 17.7 Å². The molecule has 1 heterocycles. The highest BCUT2D eigenvalue weighted by molar-refractivity contribution is 5.44. The molecule has 0 amide bonds. The molecule has 0 atom stereocenters. The van der Waals surface area contributed by atoms with Gasteiger partial charge in [-0.15, -0.1) is 0 Å². The molecule has 82 valence electrons. The standard InChI is InChI=1S/C10H12FNO3/c11-8-4-7(6-15-12)5-9-10(8)14-3-1-2-13-9/h4-5H,1-3,6,12H2. The zero-order chi connectivity index (χ0) is 10.7. The van der Waals surface area contributed by atoms with Crippen LogP contribution in [0.4, 0.5) is 4.39 Å². The molecule has 2 rings (SSSR count). The second-order valence-electron chi connectivity index (χ2n) is 3.27. The number of fused-ring (bicyclic) bond motifs is 1. The minimum Gasteiger partial charge on any atom is -0.489 e. The van der Waals surface area contributed by atoms with Gasteiger partial charge in [-0.3, -0.25) is 4.84 Å². The third-order valence-electron chi connectivity index (χ3n) is 2.11. The van der Waals surface area contributed by atoms with Crippen LogP contribution in [0.2, 0.25) is 0 Å². The van der Waals surface area contributed by atoms with Gasteiger partial charge in [-0.25, -0.2) is 10.3 Å². The first-order valence-corrected chi connectivity index (χ1v) is 4.71. The van der Waals surface area contributed by atoms with Crippen molar-refractivity contribution in [3.63, 3.8) is 0 Å². The van der Waals surface area contributed by atoms with Crippen LogP contribution in [0.3, 0.4) is 0 Å². The van der Waals surface area contributed by atoms with Crippen molar-refractivity contribution in [1.82, 2.24) is 0 Å². The summed E-state index contributed by atoms with van der Waals surface area (Å²) >= 11 is 0. The molecule has 0 fully saturated rings. The molecule has 0 bridgehead atoms. The Morgan fingerprint density at radius 3 is 2.93 bits per heavy atom. The average Bonchev–Trinajstić information content (AvgIpc) is 2.43. The van der Waals surface area contributed by atoms with Crippen LogP contribution in [0.5, 0.6) is 11.5 Å². The van der Waals surface area contributed by atoms with Crippen molar-refractivity contribution >= 4 is 0 Å². The second-order valence-corrected chi connectivity index (χ2v) is 3.27. The Hall–Kier alpha value is -1.33. The number of hydrogen-bond acceptors (Lipinski definition) is 4. The van der Waals surface area contributed by atoms with Crippen molar-refractivity contribution in [1.29, 1.82) is 0 Å². The van der Waals surface area contributed by atoms with Crippen LogP contribution in [-0.4, -0.2) is 13.2 Å². The monoisotopic (exact) mass is 213 g/mol. The van der Waals surface area contributed by atoms with Crippen molar-refractivity contribution in [2.45, 2.75) is 13.0 Å². The van der Waals surface area contributed by atoms with Crippen molar-refractivity contribution in [3.05, 3.63) is 23.5 Å². The van der Waals surface area contributed by atoms with E-state index in [1.165, 1.54) is 6.07 Å². The summed E-state index contributed by atoms with van der Waals surface area (Å²) in [5.41, 5.74) is 0.624. The quantitative estimate of drug-likeness (QED) is 0.754. The summed E-state index contributed by atoms with van der Waals surface area (Å²) in [6, 6.07) is 3.01. The fraction of sp³-hybridized carbons (Fsp3) is 0.400. The van der Waals surface area contributed by atoms with Gasteiger partial charge < -0.3 is 9.47 Å². The maximum Gasteiger partial charge on any atom is 0.197 e. The molecule has 0 aromatic heterocycles. The maximum atomic E-state index is 13.5. The Bertz CT molecular complexity index is 357. The number of halogens is 1. The molecule has 5 heteroatoms.